The van der Waals surface area contributed by atoms with E-state index in [0.717, 1.165) is 5.56 Å². The van der Waals surface area contributed by atoms with Crippen molar-refractivity contribution in [1.82, 2.24) is 5.32 Å². The van der Waals surface area contributed by atoms with Crippen molar-refractivity contribution in [3.8, 4) is 5.75 Å². The van der Waals surface area contributed by atoms with Crippen LogP contribution in [0.3, 0.4) is 0 Å². The quantitative estimate of drug-likeness (QED) is 0.473. The van der Waals surface area contributed by atoms with Gasteiger partial charge in [-0.2, -0.15) is 0 Å². The van der Waals surface area contributed by atoms with Gasteiger partial charge in [-0.3, -0.25) is 9.36 Å². The third-order valence-corrected chi connectivity index (χ3v) is 6.48. The minimum Gasteiger partial charge on any atom is -0.497 e. The number of ether oxygens (including phenoxy) is 1. The van der Waals surface area contributed by atoms with Crippen molar-refractivity contribution >= 4 is 19.5 Å². The van der Waals surface area contributed by atoms with Crippen LogP contribution in [0.5, 0.6) is 5.75 Å². The maximum Gasteiger partial charge on any atom is 0.335 e. The molecule has 2 rings (SSSR count). The lowest BCUT2D eigenvalue weighted by Crippen LogP contribution is -2.42. The molecule has 31 heavy (non-hydrogen) atoms. The van der Waals surface area contributed by atoms with Gasteiger partial charge in [-0.15, -0.1) is 0 Å². The first-order chi connectivity index (χ1) is 14.8. The molecule has 2 N–H and O–H groups in total. The predicted octanol–water partition coefficient (Wildman–Crippen LogP) is 3.89. The van der Waals surface area contributed by atoms with Crippen LogP contribution >= 0.6 is 7.60 Å². The first-order valence-electron chi connectivity index (χ1n) is 9.94. The Kier molecular flexibility index (Phi) is 9.24. The van der Waals surface area contributed by atoms with Gasteiger partial charge in [0.25, 0.3) is 5.91 Å². The summed E-state index contributed by atoms with van der Waals surface area (Å²) in [5, 5.41) is 12.1. The second-order valence-corrected chi connectivity index (χ2v) is 8.78. The maximum absolute atomic E-state index is 12.6. The van der Waals surface area contributed by atoms with Crippen molar-refractivity contribution in [3.05, 3.63) is 65.2 Å². The number of carbonyl (C=O) groups excluding carboxylic acids is 1. The summed E-state index contributed by atoms with van der Waals surface area (Å²) in [7, 11) is -1.72. The highest BCUT2D eigenvalue weighted by Crippen LogP contribution is 2.51. The number of carboxylic acid groups (broad SMARTS) is 1. The zero-order chi connectivity index (χ0) is 22.9. The molecule has 1 atom stereocenters. The van der Waals surface area contributed by atoms with Crippen molar-refractivity contribution in [2.75, 3.05) is 20.3 Å². The van der Waals surface area contributed by atoms with Crippen LogP contribution in [0.4, 0.5) is 0 Å². The van der Waals surface area contributed by atoms with Crippen LogP contribution < -0.4 is 10.1 Å². The molecule has 9 heteroatoms. The first-order valence-corrected chi connectivity index (χ1v) is 11.7. The molecule has 0 aliphatic rings. The van der Waals surface area contributed by atoms with E-state index in [0.29, 0.717) is 16.9 Å². The van der Waals surface area contributed by atoms with Gasteiger partial charge in [0, 0.05) is 12.0 Å². The van der Waals surface area contributed by atoms with Gasteiger partial charge >= 0.3 is 13.6 Å². The van der Waals surface area contributed by atoms with Crippen LogP contribution in [0.15, 0.2) is 48.5 Å². The molecule has 8 nitrogen and oxygen atoms in total. The zero-order valence-corrected chi connectivity index (χ0v) is 18.8. The minimum absolute atomic E-state index is 0.0875. The van der Waals surface area contributed by atoms with Crippen LogP contribution in [0.1, 0.15) is 35.3 Å². The van der Waals surface area contributed by atoms with Gasteiger partial charge in [0.1, 0.15) is 11.8 Å². The highest BCUT2D eigenvalue weighted by atomic mass is 31.2. The highest BCUT2D eigenvalue weighted by molar-refractivity contribution is 7.53. The normalized spacial score (nSPS) is 12.2. The zero-order valence-electron chi connectivity index (χ0n) is 17.9. The van der Waals surface area contributed by atoms with Gasteiger partial charge in [-0.25, -0.2) is 4.79 Å². The summed E-state index contributed by atoms with van der Waals surface area (Å²) in [4.78, 5) is 24.2. The molecule has 0 bridgehead atoms. The number of methoxy groups -OCH3 is 1. The average molecular weight is 449 g/mol. The van der Waals surface area contributed by atoms with Gasteiger partial charge in [0.15, 0.2) is 0 Å². The van der Waals surface area contributed by atoms with E-state index in [1.54, 1.807) is 62.4 Å². The van der Waals surface area contributed by atoms with Crippen molar-refractivity contribution in [2.24, 2.45) is 0 Å². The van der Waals surface area contributed by atoms with Crippen LogP contribution in [0.2, 0.25) is 0 Å². The Morgan fingerprint density at radius 2 is 1.68 bits per heavy atom. The average Bonchev–Trinajstić information content (AvgIpc) is 2.74. The van der Waals surface area contributed by atoms with E-state index in [9.17, 15) is 19.3 Å². The Hall–Kier alpha value is -2.67. The van der Waals surface area contributed by atoms with E-state index in [2.05, 4.69) is 5.32 Å². The molecule has 0 unspecified atom stereocenters. The topological polar surface area (TPSA) is 111 Å². The maximum atomic E-state index is 12.6. The number of carbonyl (C=O) groups is 2. The van der Waals surface area contributed by atoms with Gasteiger partial charge in [-0.05, 0) is 49.2 Å². The number of hydrogen-bond acceptors (Lipinski definition) is 6. The fourth-order valence-corrected chi connectivity index (χ4v) is 4.69. The summed E-state index contributed by atoms with van der Waals surface area (Å²) in [5.41, 5.74) is 1.71. The van der Waals surface area contributed by atoms with Gasteiger partial charge in [-0.1, -0.05) is 24.3 Å². The van der Waals surface area contributed by atoms with Gasteiger partial charge < -0.3 is 24.2 Å². The molecule has 0 saturated carbocycles. The summed E-state index contributed by atoms with van der Waals surface area (Å²) in [5.74, 6) is -1.04. The molecule has 0 fully saturated rings. The Bertz CT molecular complexity index is 920. The molecular formula is C22H28NO7P. The minimum atomic E-state index is -3.25. The second-order valence-electron chi connectivity index (χ2n) is 6.72. The number of benzene rings is 2. The van der Waals surface area contributed by atoms with E-state index in [1.807, 2.05) is 0 Å². The summed E-state index contributed by atoms with van der Waals surface area (Å²) in [6.07, 6.45) is 0.201. The number of hydrogen-bond donors (Lipinski definition) is 2. The molecule has 2 aromatic rings. The second kappa shape index (κ2) is 11.6. The number of amides is 1. The van der Waals surface area contributed by atoms with Crippen LogP contribution in [0.25, 0.3) is 0 Å². The summed E-state index contributed by atoms with van der Waals surface area (Å²) < 4.78 is 28.4. The molecule has 1 amide bonds. The predicted molar refractivity (Wildman–Crippen MR) is 117 cm³/mol. The van der Waals surface area contributed by atoms with Crippen LogP contribution in [-0.4, -0.2) is 43.3 Å². The molecule has 0 aromatic heterocycles. The molecule has 0 radical (unpaired) electrons. The van der Waals surface area contributed by atoms with E-state index >= 15 is 0 Å². The Balaban J connectivity index is 2.07. The van der Waals surface area contributed by atoms with E-state index < -0.39 is 25.5 Å². The Labute approximate surface area is 182 Å². The van der Waals surface area contributed by atoms with Gasteiger partial charge in [0.05, 0.1) is 26.5 Å². The molecule has 0 spiro atoms. The Morgan fingerprint density at radius 1 is 1.03 bits per heavy atom. The highest BCUT2D eigenvalue weighted by Gasteiger charge is 2.25. The smallest absolute Gasteiger partial charge is 0.335 e. The summed E-state index contributed by atoms with van der Waals surface area (Å²) >= 11 is 0. The van der Waals surface area contributed by atoms with Crippen LogP contribution in [0, 0.1) is 0 Å². The monoisotopic (exact) mass is 449 g/mol. The SMILES string of the molecule is CCOP(=O)(Cc1ccc(C(=O)N[C@H](Cc2cccc(OC)c2)C(=O)O)cc1)OCC. The number of rotatable bonds is 12. The van der Waals surface area contributed by atoms with Crippen molar-refractivity contribution in [3.63, 3.8) is 0 Å². The Morgan fingerprint density at radius 3 is 2.23 bits per heavy atom. The van der Waals surface area contributed by atoms with E-state index in [-0.39, 0.29) is 25.8 Å². The molecule has 0 heterocycles. The largest absolute Gasteiger partial charge is 0.497 e. The first kappa shape index (κ1) is 24.6. The lowest BCUT2D eigenvalue weighted by molar-refractivity contribution is -0.139. The number of aliphatic carboxylic acids is 1. The van der Waals surface area contributed by atoms with Crippen molar-refractivity contribution < 1.29 is 33.0 Å². The molecular weight excluding hydrogens is 421 g/mol. The van der Waals surface area contributed by atoms with Crippen molar-refractivity contribution in [2.45, 2.75) is 32.5 Å². The fraction of sp³-hybridized carbons (Fsp3) is 0.364. The van der Waals surface area contributed by atoms with E-state index in [1.165, 1.54) is 7.11 Å². The third-order valence-electron chi connectivity index (χ3n) is 4.42. The fourth-order valence-electron chi connectivity index (χ4n) is 2.98. The molecule has 0 saturated heterocycles. The standard InChI is InChI=1S/C22H28NO7P/c1-4-29-31(27,30-5-2)15-16-9-11-18(12-10-16)21(24)23-20(22(25)26)14-17-7-6-8-19(13-17)28-3/h6-13,20H,4-5,14-15H2,1-3H3,(H,23,24)(H,25,26)/t20-/m1/s1. The third kappa shape index (κ3) is 7.51. The lowest BCUT2D eigenvalue weighted by atomic mass is 10.0. The molecule has 168 valence electrons. The summed E-state index contributed by atoms with van der Waals surface area (Å²) in [6, 6.07) is 12.3. The summed E-state index contributed by atoms with van der Waals surface area (Å²) in [6.45, 7) is 4.01. The number of carboxylic acids is 1. The lowest BCUT2D eigenvalue weighted by Gasteiger charge is -2.17. The van der Waals surface area contributed by atoms with Crippen molar-refractivity contribution in [1.29, 1.82) is 0 Å². The molecule has 0 aliphatic heterocycles. The van der Waals surface area contributed by atoms with Crippen LogP contribution in [-0.2, 0) is 31.0 Å². The molecule has 2 aromatic carbocycles. The van der Waals surface area contributed by atoms with E-state index in [4.69, 9.17) is 13.8 Å². The van der Waals surface area contributed by atoms with Gasteiger partial charge in [0.2, 0.25) is 0 Å². The molecule has 0 aliphatic carbocycles. The number of nitrogens with one attached hydrogen (secondary N) is 1.